The average molecular weight is 275 g/mol. The largest absolute Gasteiger partial charge is 0.305 e. The lowest BCUT2D eigenvalue weighted by molar-refractivity contribution is 0.518. The first-order valence-corrected chi connectivity index (χ1v) is 7.18. The third-order valence-electron chi connectivity index (χ3n) is 3.43. The second-order valence-corrected chi connectivity index (χ2v) is 4.97. The topological polar surface area (TPSA) is 29.9 Å². The summed E-state index contributed by atoms with van der Waals surface area (Å²) in [6.45, 7) is 7.90. The Bertz CT molecular complexity index is 563. The van der Waals surface area contributed by atoms with Crippen molar-refractivity contribution in [2.75, 3.05) is 6.54 Å². The molecule has 3 nitrogen and oxygen atoms in total. The van der Waals surface area contributed by atoms with Gasteiger partial charge >= 0.3 is 0 Å². The number of benzene rings is 1. The molecule has 0 aliphatic carbocycles. The molecule has 1 N–H and O–H groups in total. The number of aromatic nitrogens is 2. The first kappa shape index (κ1) is 14.7. The van der Waals surface area contributed by atoms with Gasteiger partial charge in [-0.25, -0.2) is 4.39 Å². The monoisotopic (exact) mass is 275 g/mol. The van der Waals surface area contributed by atoms with Gasteiger partial charge in [-0.3, -0.25) is 4.68 Å². The number of halogens is 1. The molecule has 1 atom stereocenters. The second-order valence-electron chi connectivity index (χ2n) is 4.97. The molecule has 108 valence electrons. The average Bonchev–Trinajstić information content (AvgIpc) is 2.85. The van der Waals surface area contributed by atoms with Gasteiger partial charge in [0, 0.05) is 12.7 Å². The molecule has 2 rings (SSSR count). The molecule has 0 saturated carbocycles. The van der Waals surface area contributed by atoms with Gasteiger partial charge in [-0.15, -0.1) is 0 Å². The van der Waals surface area contributed by atoms with Gasteiger partial charge in [0.05, 0.1) is 11.7 Å². The highest BCUT2D eigenvalue weighted by atomic mass is 19.1. The minimum atomic E-state index is -0.191. The summed E-state index contributed by atoms with van der Waals surface area (Å²) in [5, 5.41) is 7.86. The molecule has 0 fully saturated rings. The molecule has 0 aliphatic heterocycles. The zero-order valence-corrected chi connectivity index (χ0v) is 12.4. The predicted molar refractivity (Wildman–Crippen MR) is 79.2 cm³/mol. The van der Waals surface area contributed by atoms with Crippen molar-refractivity contribution in [2.24, 2.45) is 0 Å². The highest BCUT2D eigenvalue weighted by molar-refractivity contribution is 5.34. The van der Waals surface area contributed by atoms with Gasteiger partial charge in [-0.2, -0.15) is 5.10 Å². The maximum atomic E-state index is 13.3. The van der Waals surface area contributed by atoms with E-state index in [-0.39, 0.29) is 11.9 Å². The van der Waals surface area contributed by atoms with Gasteiger partial charge in [-0.05, 0) is 49.2 Å². The number of rotatable bonds is 6. The predicted octanol–water partition coefficient (Wildman–Crippen LogP) is 3.44. The zero-order chi connectivity index (χ0) is 14.5. The minimum Gasteiger partial charge on any atom is -0.305 e. The summed E-state index contributed by atoms with van der Waals surface area (Å²) in [5.74, 6) is -0.191. The lowest BCUT2D eigenvalue weighted by Crippen LogP contribution is -2.25. The van der Waals surface area contributed by atoms with Gasteiger partial charge in [0.25, 0.3) is 0 Å². The highest BCUT2D eigenvalue weighted by Crippen LogP contribution is 2.25. The van der Waals surface area contributed by atoms with E-state index in [4.69, 9.17) is 0 Å². The Balaban J connectivity index is 2.42. The van der Waals surface area contributed by atoms with E-state index in [1.165, 1.54) is 6.07 Å². The van der Waals surface area contributed by atoms with Crippen LogP contribution in [0.15, 0.2) is 30.5 Å². The quantitative estimate of drug-likeness (QED) is 0.875. The van der Waals surface area contributed by atoms with E-state index in [0.717, 1.165) is 36.3 Å². The van der Waals surface area contributed by atoms with Crippen LogP contribution in [0.3, 0.4) is 0 Å². The molecule has 1 heterocycles. The van der Waals surface area contributed by atoms with Crippen LogP contribution in [0.25, 0.3) is 0 Å². The van der Waals surface area contributed by atoms with Crippen molar-refractivity contribution >= 4 is 0 Å². The molecule has 0 aliphatic rings. The molecule has 4 heteroatoms. The molecule has 0 amide bonds. The van der Waals surface area contributed by atoms with Crippen molar-refractivity contribution in [1.29, 1.82) is 0 Å². The lowest BCUT2D eigenvalue weighted by atomic mass is 9.98. The van der Waals surface area contributed by atoms with Crippen molar-refractivity contribution in [2.45, 2.75) is 39.8 Å². The lowest BCUT2D eigenvalue weighted by Gasteiger charge is -2.21. The summed E-state index contributed by atoms with van der Waals surface area (Å²) in [5.41, 5.74) is 3.19. The van der Waals surface area contributed by atoms with Crippen molar-refractivity contribution in [3.05, 3.63) is 53.1 Å². The second kappa shape index (κ2) is 6.66. The maximum absolute atomic E-state index is 13.3. The number of hydrogen-bond acceptors (Lipinski definition) is 2. The molecule has 2 aromatic rings. The Hall–Kier alpha value is -1.68. The van der Waals surface area contributed by atoms with E-state index in [2.05, 4.69) is 24.3 Å². The van der Waals surface area contributed by atoms with E-state index in [1.54, 1.807) is 6.07 Å². The van der Waals surface area contributed by atoms with E-state index in [0.29, 0.717) is 0 Å². The molecule has 1 aromatic heterocycles. The fraction of sp³-hybridized carbons (Fsp3) is 0.438. The van der Waals surface area contributed by atoms with Crippen molar-refractivity contribution in [1.82, 2.24) is 15.1 Å². The van der Waals surface area contributed by atoms with Gasteiger partial charge in [-0.1, -0.05) is 19.9 Å². The summed E-state index contributed by atoms with van der Waals surface area (Å²) >= 11 is 0. The van der Waals surface area contributed by atoms with Gasteiger partial charge < -0.3 is 5.32 Å². The van der Waals surface area contributed by atoms with Crippen LogP contribution in [0.2, 0.25) is 0 Å². The van der Waals surface area contributed by atoms with Gasteiger partial charge in [0.2, 0.25) is 0 Å². The number of aryl methyl sites for hydroxylation is 2. The summed E-state index contributed by atoms with van der Waals surface area (Å²) in [6, 6.07) is 7.05. The van der Waals surface area contributed by atoms with Crippen LogP contribution in [0, 0.1) is 12.7 Å². The Morgan fingerprint density at radius 3 is 2.75 bits per heavy atom. The van der Waals surface area contributed by atoms with Crippen LogP contribution in [0.1, 0.15) is 43.1 Å². The highest BCUT2D eigenvalue weighted by Gasteiger charge is 2.19. The summed E-state index contributed by atoms with van der Waals surface area (Å²) in [7, 11) is 0. The molecular weight excluding hydrogens is 253 g/mol. The maximum Gasteiger partial charge on any atom is 0.123 e. The third kappa shape index (κ3) is 3.07. The Labute approximate surface area is 119 Å². The SMILES string of the molecule is CCCn1nccc1C(NCC)c1ccc(F)cc1C. The number of nitrogens with zero attached hydrogens (tertiary/aromatic N) is 2. The zero-order valence-electron chi connectivity index (χ0n) is 12.4. The number of hydrogen-bond donors (Lipinski definition) is 1. The van der Waals surface area contributed by atoms with Crippen LogP contribution in [0.5, 0.6) is 0 Å². The fourth-order valence-corrected chi connectivity index (χ4v) is 2.53. The van der Waals surface area contributed by atoms with Crippen molar-refractivity contribution in [3.8, 4) is 0 Å². The molecule has 0 saturated heterocycles. The van der Waals surface area contributed by atoms with Crippen LogP contribution in [-0.4, -0.2) is 16.3 Å². The Morgan fingerprint density at radius 2 is 2.10 bits per heavy atom. The van der Waals surface area contributed by atoms with E-state index in [9.17, 15) is 4.39 Å². The van der Waals surface area contributed by atoms with Crippen molar-refractivity contribution in [3.63, 3.8) is 0 Å². The molecule has 0 bridgehead atoms. The first-order chi connectivity index (χ1) is 9.67. The molecule has 1 unspecified atom stereocenters. The van der Waals surface area contributed by atoms with E-state index in [1.807, 2.05) is 29.9 Å². The Morgan fingerprint density at radius 1 is 1.30 bits per heavy atom. The number of nitrogens with one attached hydrogen (secondary N) is 1. The van der Waals surface area contributed by atoms with Crippen LogP contribution in [-0.2, 0) is 6.54 Å². The third-order valence-corrected chi connectivity index (χ3v) is 3.43. The molecule has 0 spiro atoms. The summed E-state index contributed by atoms with van der Waals surface area (Å²) < 4.78 is 15.3. The summed E-state index contributed by atoms with van der Waals surface area (Å²) in [4.78, 5) is 0. The van der Waals surface area contributed by atoms with Gasteiger partial charge in [0.1, 0.15) is 5.82 Å². The minimum absolute atomic E-state index is 0.0506. The Kier molecular flexibility index (Phi) is 4.90. The molecule has 20 heavy (non-hydrogen) atoms. The molecular formula is C16H22FN3. The van der Waals surface area contributed by atoms with Gasteiger partial charge in [0.15, 0.2) is 0 Å². The summed E-state index contributed by atoms with van der Waals surface area (Å²) in [6.07, 6.45) is 2.87. The first-order valence-electron chi connectivity index (χ1n) is 7.18. The van der Waals surface area contributed by atoms with Crippen molar-refractivity contribution < 1.29 is 4.39 Å². The molecule has 0 radical (unpaired) electrons. The standard InChI is InChI=1S/C16H22FN3/c1-4-10-20-15(8-9-19-20)16(18-5-2)14-7-6-13(17)11-12(14)3/h6-9,11,16,18H,4-5,10H2,1-3H3. The smallest absolute Gasteiger partial charge is 0.123 e. The van der Waals surface area contributed by atoms with Crippen LogP contribution in [0.4, 0.5) is 4.39 Å². The van der Waals surface area contributed by atoms with Crippen LogP contribution < -0.4 is 5.32 Å². The van der Waals surface area contributed by atoms with E-state index < -0.39 is 0 Å². The van der Waals surface area contributed by atoms with E-state index >= 15 is 0 Å². The van der Waals surface area contributed by atoms with Crippen LogP contribution >= 0.6 is 0 Å². The fourth-order valence-electron chi connectivity index (χ4n) is 2.53. The normalized spacial score (nSPS) is 12.6. The molecule has 1 aromatic carbocycles.